The van der Waals surface area contributed by atoms with Gasteiger partial charge >= 0.3 is 0 Å². The third-order valence-electron chi connectivity index (χ3n) is 5.47. The van der Waals surface area contributed by atoms with Gasteiger partial charge < -0.3 is 15.1 Å². The van der Waals surface area contributed by atoms with Crippen molar-refractivity contribution < 1.29 is 9.59 Å². The molecule has 2 aromatic rings. The van der Waals surface area contributed by atoms with E-state index in [9.17, 15) is 9.59 Å². The zero-order chi connectivity index (χ0) is 19.3. The molecule has 2 saturated heterocycles. The fourth-order valence-electron chi connectivity index (χ4n) is 3.95. The van der Waals surface area contributed by atoms with E-state index in [-0.39, 0.29) is 18.4 Å². The highest BCUT2D eigenvalue weighted by molar-refractivity contribution is 5.97. The molecule has 2 fully saturated rings. The molecule has 3 heterocycles. The summed E-state index contributed by atoms with van der Waals surface area (Å²) >= 11 is 0. The van der Waals surface area contributed by atoms with E-state index in [4.69, 9.17) is 4.98 Å². The van der Waals surface area contributed by atoms with Crippen molar-refractivity contribution in [1.29, 1.82) is 0 Å². The second-order valence-electron chi connectivity index (χ2n) is 7.61. The van der Waals surface area contributed by atoms with Crippen molar-refractivity contribution in [2.45, 2.75) is 44.9 Å². The van der Waals surface area contributed by atoms with Crippen molar-refractivity contribution in [2.75, 3.05) is 36.4 Å². The van der Waals surface area contributed by atoms with E-state index in [0.29, 0.717) is 18.8 Å². The van der Waals surface area contributed by atoms with Gasteiger partial charge in [0, 0.05) is 26.1 Å². The Labute approximate surface area is 165 Å². The van der Waals surface area contributed by atoms with Crippen LogP contribution in [0.15, 0.2) is 24.3 Å². The van der Waals surface area contributed by atoms with Crippen LogP contribution in [-0.2, 0) is 9.59 Å². The van der Waals surface area contributed by atoms with Crippen molar-refractivity contribution in [3.63, 3.8) is 0 Å². The van der Waals surface area contributed by atoms with Crippen LogP contribution < -0.4 is 10.2 Å². The Balaban J connectivity index is 1.54. The molecular formula is C21H27N5O2. The minimum absolute atomic E-state index is 0.0687. The number of hydrogen-bond acceptors (Lipinski definition) is 5. The monoisotopic (exact) mass is 381 g/mol. The predicted molar refractivity (Wildman–Crippen MR) is 109 cm³/mol. The first-order chi connectivity index (χ1) is 13.7. The number of carbonyl (C=O) groups is 2. The number of hydrogen-bond donors (Lipinski definition) is 1. The maximum atomic E-state index is 12.7. The average molecular weight is 381 g/mol. The lowest BCUT2D eigenvalue weighted by Crippen LogP contribution is -2.39. The minimum Gasteiger partial charge on any atom is -0.354 e. The lowest BCUT2D eigenvalue weighted by atomic mass is 10.1. The van der Waals surface area contributed by atoms with Crippen molar-refractivity contribution in [3.8, 4) is 0 Å². The van der Waals surface area contributed by atoms with E-state index >= 15 is 0 Å². The van der Waals surface area contributed by atoms with Crippen LogP contribution in [0.4, 0.5) is 11.6 Å². The van der Waals surface area contributed by atoms with Gasteiger partial charge in [0.2, 0.25) is 11.8 Å². The number of carbonyl (C=O) groups excluding carboxylic acids is 2. The molecule has 0 radical (unpaired) electrons. The molecule has 4 rings (SSSR count). The molecule has 0 saturated carbocycles. The lowest BCUT2D eigenvalue weighted by molar-refractivity contribution is -0.135. The zero-order valence-corrected chi connectivity index (χ0v) is 16.2. The quantitative estimate of drug-likeness (QED) is 0.881. The van der Waals surface area contributed by atoms with Crippen molar-refractivity contribution in [2.24, 2.45) is 0 Å². The van der Waals surface area contributed by atoms with Gasteiger partial charge in [-0.2, -0.15) is 0 Å². The molecule has 0 spiro atoms. The van der Waals surface area contributed by atoms with Gasteiger partial charge in [-0.15, -0.1) is 0 Å². The Bertz CT molecular complexity index is 863. The standard InChI is InChI=1S/C21H27N5O2/c27-18(15-26-14-6-2-1-3-11-19(26)28)24-20-21(25-12-7-8-13-25)23-17-10-5-4-9-16(17)22-20/h4-5,9-10H,1-3,6-8,11-15H2,(H,22,24,27). The summed E-state index contributed by atoms with van der Waals surface area (Å²) in [6, 6.07) is 7.69. The molecule has 28 heavy (non-hydrogen) atoms. The third kappa shape index (κ3) is 4.24. The van der Waals surface area contributed by atoms with E-state index in [1.165, 1.54) is 0 Å². The summed E-state index contributed by atoms with van der Waals surface area (Å²) in [5.74, 6) is 1.08. The first-order valence-corrected chi connectivity index (χ1v) is 10.3. The van der Waals surface area contributed by atoms with Crippen LogP contribution >= 0.6 is 0 Å². The molecular weight excluding hydrogens is 354 g/mol. The highest BCUT2D eigenvalue weighted by atomic mass is 16.2. The Morgan fingerprint density at radius 3 is 2.39 bits per heavy atom. The van der Waals surface area contributed by atoms with Gasteiger partial charge in [0.15, 0.2) is 11.6 Å². The van der Waals surface area contributed by atoms with Crippen LogP contribution in [0.2, 0.25) is 0 Å². The van der Waals surface area contributed by atoms with E-state index in [1.807, 2.05) is 24.3 Å². The van der Waals surface area contributed by atoms with Crippen LogP contribution in [-0.4, -0.2) is 52.9 Å². The largest absolute Gasteiger partial charge is 0.354 e. The van der Waals surface area contributed by atoms with Gasteiger partial charge in [0.1, 0.15) is 0 Å². The van der Waals surface area contributed by atoms with Crippen LogP contribution in [0.5, 0.6) is 0 Å². The highest BCUT2D eigenvalue weighted by Crippen LogP contribution is 2.27. The summed E-state index contributed by atoms with van der Waals surface area (Å²) in [5.41, 5.74) is 1.57. The van der Waals surface area contributed by atoms with Gasteiger partial charge in [0.05, 0.1) is 17.6 Å². The molecule has 7 heteroatoms. The fraction of sp³-hybridized carbons (Fsp3) is 0.524. The smallest absolute Gasteiger partial charge is 0.245 e. The number of nitrogens with one attached hydrogen (secondary N) is 1. The molecule has 0 aliphatic carbocycles. The SMILES string of the molecule is O=C(CN1CCCCCCC1=O)Nc1nc2ccccc2nc1N1CCCC1. The maximum absolute atomic E-state index is 12.7. The van der Waals surface area contributed by atoms with Crippen molar-refractivity contribution in [3.05, 3.63) is 24.3 Å². The van der Waals surface area contributed by atoms with E-state index in [2.05, 4.69) is 15.2 Å². The number of fused-ring (bicyclic) bond motifs is 1. The fourth-order valence-corrected chi connectivity index (χ4v) is 3.95. The molecule has 1 aromatic carbocycles. The summed E-state index contributed by atoms with van der Waals surface area (Å²) in [6.07, 6.45) is 6.83. The van der Waals surface area contributed by atoms with E-state index in [1.54, 1.807) is 4.90 Å². The Kier molecular flexibility index (Phi) is 5.69. The summed E-state index contributed by atoms with van der Waals surface area (Å²) in [5, 5.41) is 2.94. The molecule has 148 valence electrons. The number of anilines is 2. The van der Waals surface area contributed by atoms with Gasteiger partial charge in [-0.05, 0) is 37.8 Å². The molecule has 2 aliphatic rings. The molecule has 0 unspecified atom stereocenters. The summed E-state index contributed by atoms with van der Waals surface area (Å²) in [7, 11) is 0. The second kappa shape index (κ2) is 8.54. The van der Waals surface area contributed by atoms with Crippen molar-refractivity contribution in [1.82, 2.24) is 14.9 Å². The number of likely N-dealkylation sites (tertiary alicyclic amines) is 1. The first-order valence-electron chi connectivity index (χ1n) is 10.3. The minimum atomic E-state index is -0.209. The Morgan fingerprint density at radius 2 is 1.61 bits per heavy atom. The number of rotatable bonds is 4. The summed E-state index contributed by atoms with van der Waals surface area (Å²) < 4.78 is 0. The highest BCUT2D eigenvalue weighted by Gasteiger charge is 2.23. The predicted octanol–water partition coefficient (Wildman–Crippen LogP) is 2.96. The number of para-hydroxylation sites is 2. The number of amides is 2. The van der Waals surface area contributed by atoms with Gasteiger partial charge in [-0.1, -0.05) is 25.0 Å². The zero-order valence-electron chi connectivity index (χ0n) is 16.2. The molecule has 2 amide bonds. The second-order valence-corrected chi connectivity index (χ2v) is 7.61. The molecule has 7 nitrogen and oxygen atoms in total. The molecule has 0 atom stereocenters. The normalized spacial score (nSPS) is 18.2. The molecule has 1 N–H and O–H groups in total. The van der Waals surface area contributed by atoms with E-state index in [0.717, 1.165) is 68.5 Å². The van der Waals surface area contributed by atoms with Gasteiger partial charge in [-0.3, -0.25) is 9.59 Å². The van der Waals surface area contributed by atoms with Crippen LogP contribution in [0.25, 0.3) is 11.0 Å². The molecule has 0 bridgehead atoms. The first kappa shape index (κ1) is 18.7. The van der Waals surface area contributed by atoms with Crippen molar-refractivity contribution >= 4 is 34.5 Å². The number of aromatic nitrogens is 2. The topological polar surface area (TPSA) is 78.4 Å². The lowest BCUT2D eigenvalue weighted by Gasteiger charge is -2.25. The average Bonchev–Trinajstić information content (AvgIpc) is 3.22. The van der Waals surface area contributed by atoms with Crippen LogP contribution in [0.1, 0.15) is 44.9 Å². The Hall–Kier alpha value is -2.70. The van der Waals surface area contributed by atoms with Gasteiger partial charge in [0.25, 0.3) is 0 Å². The maximum Gasteiger partial charge on any atom is 0.245 e. The summed E-state index contributed by atoms with van der Waals surface area (Å²) in [6.45, 7) is 2.56. The summed E-state index contributed by atoms with van der Waals surface area (Å²) in [4.78, 5) is 38.3. The third-order valence-corrected chi connectivity index (χ3v) is 5.47. The number of benzene rings is 1. The Morgan fingerprint density at radius 1 is 0.929 bits per heavy atom. The number of nitrogens with zero attached hydrogens (tertiary/aromatic N) is 4. The van der Waals surface area contributed by atoms with Crippen LogP contribution in [0.3, 0.4) is 0 Å². The van der Waals surface area contributed by atoms with Crippen LogP contribution in [0, 0.1) is 0 Å². The molecule has 1 aromatic heterocycles. The van der Waals surface area contributed by atoms with E-state index < -0.39 is 0 Å². The molecule has 2 aliphatic heterocycles. The van der Waals surface area contributed by atoms with Gasteiger partial charge in [-0.25, -0.2) is 9.97 Å².